The monoisotopic (exact) mass is 954 g/mol. The van der Waals surface area contributed by atoms with Gasteiger partial charge in [0.15, 0.2) is 0 Å². The second-order valence-electron chi connectivity index (χ2n) is 14.4. The second-order valence-corrected chi connectivity index (χ2v) is 18.4. The molecule has 0 unspecified atom stereocenters. The first-order chi connectivity index (χ1) is 28.2. The fraction of sp³-hybridized carbons (Fsp3) is 0.140. The van der Waals surface area contributed by atoms with Crippen LogP contribution < -0.4 is 15.9 Å². The zero-order valence-electron chi connectivity index (χ0n) is 32.6. The molecule has 0 radical (unpaired) electrons. The van der Waals surface area contributed by atoms with Crippen molar-refractivity contribution in [1.29, 1.82) is 0 Å². The van der Waals surface area contributed by atoms with Gasteiger partial charge in [0.05, 0.1) is 0 Å². The number of carbonyl (C=O) groups is 4. The van der Waals surface area contributed by atoms with E-state index in [0.29, 0.717) is 21.9 Å². The van der Waals surface area contributed by atoms with Gasteiger partial charge in [-0.1, -0.05) is 6.08 Å². The third-order valence-electron chi connectivity index (χ3n) is 11.3. The number of amides is 4. The van der Waals surface area contributed by atoms with Crippen LogP contribution in [-0.4, -0.2) is 47.5 Å². The van der Waals surface area contributed by atoms with Crippen molar-refractivity contribution < 1.29 is 37.1 Å². The summed E-state index contributed by atoms with van der Waals surface area (Å²) in [5.74, 6) is 4.96. The molecule has 2 heterocycles. The summed E-state index contributed by atoms with van der Waals surface area (Å²) < 4.78 is 3.72. The van der Waals surface area contributed by atoms with E-state index in [-0.39, 0.29) is 22.3 Å². The van der Waals surface area contributed by atoms with Crippen molar-refractivity contribution in [2.75, 3.05) is 14.1 Å². The maximum atomic E-state index is 14.3. The van der Waals surface area contributed by atoms with Crippen LogP contribution in [0.15, 0.2) is 143 Å². The average Bonchev–Trinajstić information content (AvgIpc) is 3.72. The van der Waals surface area contributed by atoms with E-state index >= 15 is 0 Å². The van der Waals surface area contributed by atoms with Crippen molar-refractivity contribution >= 4 is 63.7 Å². The Kier molecular flexibility index (Phi) is 10.5. The summed E-state index contributed by atoms with van der Waals surface area (Å²) in [6, 6.07) is 35.0. The van der Waals surface area contributed by atoms with E-state index in [4.69, 9.17) is 0 Å². The molecule has 6 nitrogen and oxygen atoms in total. The Balaban J connectivity index is 1.53. The van der Waals surface area contributed by atoms with Crippen molar-refractivity contribution in [2.45, 2.75) is 33.1 Å². The molecule has 0 spiro atoms. The van der Waals surface area contributed by atoms with E-state index in [2.05, 4.69) is 108 Å². The number of hydrogen-bond donors (Lipinski definition) is 0. The number of benzene rings is 5. The zero-order chi connectivity index (χ0) is 40.7. The summed E-state index contributed by atoms with van der Waals surface area (Å²) in [6.45, 7) is 3.89. The summed E-state index contributed by atoms with van der Waals surface area (Å²) in [7, 11) is 0.233. The molecule has 4 amide bonds. The van der Waals surface area contributed by atoms with Crippen molar-refractivity contribution in [3.8, 4) is 16.2 Å². The van der Waals surface area contributed by atoms with Crippen LogP contribution in [0.2, 0.25) is 0 Å². The van der Waals surface area contributed by atoms with Crippen molar-refractivity contribution in [1.82, 2.24) is 9.80 Å². The molecule has 1 fully saturated rings. The molecule has 3 aliphatic rings. The molecule has 0 aromatic heterocycles. The first kappa shape index (κ1) is 38.9. The Hall–Kier alpha value is -5.99. The third-order valence-corrected chi connectivity index (χ3v) is 16.7. The normalized spacial score (nSPS) is 17.0. The van der Waals surface area contributed by atoms with Gasteiger partial charge in [-0.25, -0.2) is 0 Å². The van der Waals surface area contributed by atoms with Crippen LogP contribution in [-0.2, 0) is 17.9 Å². The molecule has 5 aromatic rings. The molecule has 0 bridgehead atoms. The van der Waals surface area contributed by atoms with Gasteiger partial charge in [0.2, 0.25) is 0 Å². The van der Waals surface area contributed by atoms with Crippen molar-refractivity contribution in [3.63, 3.8) is 0 Å². The van der Waals surface area contributed by atoms with Crippen LogP contribution in [0.4, 0.5) is 0 Å². The quantitative estimate of drug-likeness (QED) is 0.0974. The SMILES string of the molecule is CC=C1CCCC1=CC(C#Cc1cc2c3c(c(/C=C/C)cc4c3c1C(=O)N(C)C4=O)C(=O)N(C)C2=O)=C([C]#[Os])[P+](c1ccccc1)(c1ccccc1)c1ccccc1. The topological polar surface area (TPSA) is 74.8 Å². The third kappa shape index (κ3) is 6.13. The predicted octanol–water partition coefficient (Wildman–Crippen LogP) is 8.49. The average molecular weight is 953 g/mol. The van der Waals surface area contributed by atoms with Gasteiger partial charge in [-0.05, 0) is 6.92 Å². The standard InChI is InChI=1S/C50H39N2O4P.Os/c1-6-18-36-30-41-46-44(50(56)52(5)47(41)53)37(31-42-45(46)43(36)49(55)51(4)48(42)54)28-27-34(29-35-20-17-19-33(35)7-2)32(3)57(38-21-11-8-12-22-38,39-23-13-9-14-24-39)40-25-15-10-16-26-40;/h6-16,18,21-26,29-31H,17,19-20H2,1-2,4-5H3;/q+1;/b18-6+,33-7?,34-32?,35-29?;. The van der Waals surface area contributed by atoms with Gasteiger partial charge in [-0.2, -0.15) is 0 Å². The number of nitrogens with zero attached hydrogens (tertiary/aromatic N) is 2. The van der Waals surface area contributed by atoms with Crippen LogP contribution in [0, 0.1) is 16.2 Å². The van der Waals surface area contributed by atoms with Gasteiger partial charge in [-0.15, -0.1) is 0 Å². The molecule has 5 aromatic carbocycles. The van der Waals surface area contributed by atoms with Crippen LogP contribution in [0.5, 0.6) is 0 Å². The molecule has 1 saturated carbocycles. The van der Waals surface area contributed by atoms with Gasteiger partial charge in [0, 0.05) is 0 Å². The predicted molar refractivity (Wildman–Crippen MR) is 230 cm³/mol. The Morgan fingerprint density at radius 3 is 1.69 bits per heavy atom. The molecule has 8 heteroatoms. The van der Waals surface area contributed by atoms with E-state index in [9.17, 15) is 19.2 Å². The summed E-state index contributed by atoms with van der Waals surface area (Å²) in [4.78, 5) is 58.1. The van der Waals surface area contributed by atoms with Gasteiger partial charge in [0.25, 0.3) is 0 Å². The fourth-order valence-corrected chi connectivity index (χ4v) is 14.3. The fourth-order valence-electron chi connectivity index (χ4n) is 8.57. The molecule has 1 aliphatic carbocycles. The van der Waals surface area contributed by atoms with Crippen LogP contribution >= 0.6 is 7.26 Å². The number of allylic oxidation sites excluding steroid dienone is 7. The molecule has 0 atom stereocenters. The Labute approximate surface area is 349 Å². The molecular formula is C50H39N2O4OsP+. The van der Waals surface area contributed by atoms with Gasteiger partial charge in [0.1, 0.15) is 0 Å². The molecule has 2 aliphatic heterocycles. The first-order valence-electron chi connectivity index (χ1n) is 19.2. The number of carbonyl (C=O) groups excluding carboxylic acids is 4. The van der Waals surface area contributed by atoms with Crippen molar-refractivity contribution in [3.05, 3.63) is 177 Å². The van der Waals surface area contributed by atoms with Gasteiger partial charge >= 0.3 is 338 Å². The molecule has 58 heavy (non-hydrogen) atoms. The summed E-state index contributed by atoms with van der Waals surface area (Å²) in [6.07, 6.45) is 10.8. The zero-order valence-corrected chi connectivity index (χ0v) is 36.0. The molecule has 285 valence electrons. The van der Waals surface area contributed by atoms with E-state index in [0.717, 1.165) is 55.9 Å². The van der Waals surface area contributed by atoms with Crippen LogP contribution in [0.25, 0.3) is 16.8 Å². The number of hydrogen-bond acceptors (Lipinski definition) is 4. The van der Waals surface area contributed by atoms with Crippen LogP contribution in [0.3, 0.4) is 0 Å². The van der Waals surface area contributed by atoms with Gasteiger partial charge in [-0.3, -0.25) is 0 Å². The molecule has 0 N–H and O–H groups in total. The summed E-state index contributed by atoms with van der Waals surface area (Å²) in [5, 5.41) is 4.99. The number of rotatable bonds is 6. The van der Waals surface area contributed by atoms with Crippen molar-refractivity contribution in [2.24, 2.45) is 0 Å². The molecule has 0 saturated heterocycles. The van der Waals surface area contributed by atoms with E-state index in [1.807, 2.05) is 25.1 Å². The Morgan fingerprint density at radius 2 is 1.17 bits per heavy atom. The first-order valence-corrected chi connectivity index (χ1v) is 22.2. The molecule has 8 rings (SSSR count). The van der Waals surface area contributed by atoms with E-state index in [1.165, 1.54) is 25.2 Å². The Morgan fingerprint density at radius 1 is 0.672 bits per heavy atom. The summed E-state index contributed by atoms with van der Waals surface area (Å²) in [5.41, 5.74) is 5.00. The number of imide groups is 2. The minimum absolute atomic E-state index is 0.201. The minimum atomic E-state index is -2.68. The summed E-state index contributed by atoms with van der Waals surface area (Å²) >= 11 is 1.68. The van der Waals surface area contributed by atoms with Crippen LogP contribution in [0.1, 0.15) is 85.7 Å². The van der Waals surface area contributed by atoms with E-state index in [1.54, 1.807) is 42.2 Å². The Bertz CT molecular complexity index is 2740. The van der Waals surface area contributed by atoms with Gasteiger partial charge < -0.3 is 0 Å². The molecular weight excluding hydrogens is 914 g/mol. The second kappa shape index (κ2) is 15.7. The van der Waals surface area contributed by atoms with E-state index < -0.39 is 30.9 Å². The maximum absolute atomic E-state index is 14.3.